The summed E-state index contributed by atoms with van der Waals surface area (Å²) in [5, 5.41) is 0. The number of esters is 4. The Morgan fingerprint density at radius 2 is 1.50 bits per heavy atom. The Hall–Kier alpha value is -2.84. The molecule has 0 aromatic carbocycles. The molecule has 24 heavy (non-hydrogen) atoms. The van der Waals surface area contributed by atoms with Gasteiger partial charge in [-0.15, -0.1) is 0 Å². The minimum atomic E-state index is -1.41. The average molecular weight is 340 g/mol. The summed E-state index contributed by atoms with van der Waals surface area (Å²) < 4.78 is 24.8. The second-order valence-electron chi connectivity index (χ2n) is 5.13. The number of cyclic esters (lactones) is 2. The molecule has 0 saturated carbocycles. The Labute approximate surface area is 137 Å². The van der Waals surface area contributed by atoms with Crippen LogP contribution in [0.5, 0.6) is 0 Å². The van der Waals surface area contributed by atoms with Crippen LogP contribution < -0.4 is 0 Å². The van der Waals surface area contributed by atoms with Crippen molar-refractivity contribution in [3.05, 3.63) is 22.7 Å². The molecule has 9 heteroatoms. The van der Waals surface area contributed by atoms with Crippen LogP contribution in [0.4, 0.5) is 0 Å². The van der Waals surface area contributed by atoms with Gasteiger partial charge in [-0.05, 0) is 13.8 Å². The number of hydrogen-bond acceptors (Lipinski definition) is 9. The zero-order valence-corrected chi connectivity index (χ0v) is 13.6. The summed E-state index contributed by atoms with van der Waals surface area (Å²) in [4.78, 5) is 48.1. The average Bonchev–Trinajstić information content (AvgIpc) is 2.75. The van der Waals surface area contributed by atoms with Crippen LogP contribution in [0.25, 0.3) is 0 Å². The molecule has 0 bridgehead atoms. The van der Waals surface area contributed by atoms with Crippen LogP contribution in [0, 0.1) is 0 Å². The molecule has 0 N–H and O–H groups in total. The number of carbonyl (C=O) groups excluding carboxylic acids is 4. The van der Waals surface area contributed by atoms with E-state index in [1.54, 1.807) is 0 Å². The van der Waals surface area contributed by atoms with Crippen LogP contribution in [0.3, 0.4) is 0 Å². The van der Waals surface area contributed by atoms with Gasteiger partial charge >= 0.3 is 23.9 Å². The lowest BCUT2D eigenvalue weighted by Gasteiger charge is -2.30. The molecule has 0 spiro atoms. The largest absolute Gasteiger partial charge is 0.462 e. The zero-order valence-electron chi connectivity index (χ0n) is 13.6. The summed E-state index contributed by atoms with van der Waals surface area (Å²) in [6.07, 6.45) is 0. The molecule has 0 saturated heterocycles. The van der Waals surface area contributed by atoms with E-state index in [9.17, 15) is 19.2 Å². The third kappa shape index (κ3) is 3.10. The van der Waals surface area contributed by atoms with Gasteiger partial charge < -0.3 is 23.7 Å². The highest BCUT2D eigenvalue weighted by atomic mass is 16.7. The molecule has 0 fully saturated rings. The van der Waals surface area contributed by atoms with E-state index in [-0.39, 0.29) is 19.0 Å². The van der Waals surface area contributed by atoms with E-state index in [1.165, 1.54) is 27.7 Å². The van der Waals surface area contributed by atoms with Gasteiger partial charge in [0, 0.05) is 13.8 Å². The van der Waals surface area contributed by atoms with Crippen molar-refractivity contribution in [3.63, 3.8) is 0 Å². The van der Waals surface area contributed by atoms with Gasteiger partial charge in [-0.1, -0.05) is 0 Å². The summed E-state index contributed by atoms with van der Waals surface area (Å²) in [5.41, 5.74) is -1.20. The molecule has 0 aromatic rings. The zero-order chi connectivity index (χ0) is 18.1. The summed E-state index contributed by atoms with van der Waals surface area (Å²) in [7, 11) is 0. The van der Waals surface area contributed by atoms with Gasteiger partial charge in [-0.25, -0.2) is 19.2 Å². The quantitative estimate of drug-likeness (QED) is 0.237. The second-order valence-corrected chi connectivity index (χ2v) is 5.13. The SMILES string of the molecule is CCOC(=O)C(C(=O)OCC)=C1OC(=O)C2=C1OC(C)(C)OC2=O. The third-order valence-corrected chi connectivity index (χ3v) is 2.91. The fourth-order valence-corrected chi connectivity index (χ4v) is 2.05. The van der Waals surface area contributed by atoms with Crippen LogP contribution in [0.2, 0.25) is 0 Å². The summed E-state index contributed by atoms with van der Waals surface area (Å²) in [6, 6.07) is 0. The summed E-state index contributed by atoms with van der Waals surface area (Å²) >= 11 is 0. The highest BCUT2D eigenvalue weighted by Crippen LogP contribution is 2.38. The Kier molecular flexibility index (Phi) is 4.63. The minimum absolute atomic E-state index is 0.0245. The van der Waals surface area contributed by atoms with Crippen molar-refractivity contribution < 1.29 is 42.9 Å². The standard InChI is InChI=1S/C15H16O9/c1-5-20-11(16)7(12(17)21-6-2)9-10-8(13(18)22-9)14(19)24-15(3,4)23-10/h5-6H2,1-4H3. The fraction of sp³-hybridized carbons (Fsp3) is 0.467. The second kappa shape index (κ2) is 6.34. The lowest BCUT2D eigenvalue weighted by atomic mass is 10.1. The van der Waals surface area contributed by atoms with Crippen LogP contribution in [0.15, 0.2) is 22.7 Å². The molecular formula is C15H16O9. The van der Waals surface area contributed by atoms with Crippen molar-refractivity contribution in [1.29, 1.82) is 0 Å². The number of rotatable bonds is 4. The van der Waals surface area contributed by atoms with Gasteiger partial charge in [0.1, 0.15) is 0 Å². The fourth-order valence-electron chi connectivity index (χ4n) is 2.05. The topological polar surface area (TPSA) is 114 Å². The maximum Gasteiger partial charge on any atom is 0.355 e. The van der Waals surface area contributed by atoms with E-state index in [1.807, 2.05) is 0 Å². The van der Waals surface area contributed by atoms with E-state index in [0.29, 0.717) is 0 Å². The summed E-state index contributed by atoms with van der Waals surface area (Å²) in [5.74, 6) is -6.47. The smallest absolute Gasteiger partial charge is 0.355 e. The highest BCUT2D eigenvalue weighted by Gasteiger charge is 2.49. The molecule has 0 amide bonds. The highest BCUT2D eigenvalue weighted by molar-refractivity contribution is 6.21. The first kappa shape index (κ1) is 17.5. The molecule has 2 aliphatic heterocycles. The van der Waals surface area contributed by atoms with Gasteiger partial charge in [0.2, 0.25) is 5.79 Å². The van der Waals surface area contributed by atoms with Crippen LogP contribution in [-0.4, -0.2) is 42.9 Å². The first-order valence-corrected chi connectivity index (χ1v) is 7.19. The number of carbonyl (C=O) groups is 4. The van der Waals surface area contributed by atoms with Crippen molar-refractivity contribution in [3.8, 4) is 0 Å². The Balaban J connectivity index is 2.61. The minimum Gasteiger partial charge on any atom is -0.462 e. The predicted molar refractivity (Wildman–Crippen MR) is 74.7 cm³/mol. The van der Waals surface area contributed by atoms with Crippen LogP contribution >= 0.6 is 0 Å². The third-order valence-electron chi connectivity index (χ3n) is 2.91. The van der Waals surface area contributed by atoms with E-state index < -0.39 is 46.6 Å². The molecule has 0 aromatic heterocycles. The molecule has 2 rings (SSSR count). The van der Waals surface area contributed by atoms with Crippen LogP contribution in [-0.2, 0) is 42.9 Å². The molecule has 2 aliphatic rings. The number of ether oxygens (including phenoxy) is 5. The van der Waals surface area contributed by atoms with Crippen molar-refractivity contribution in [2.75, 3.05) is 13.2 Å². The van der Waals surface area contributed by atoms with E-state index >= 15 is 0 Å². The first-order chi connectivity index (χ1) is 11.2. The van der Waals surface area contributed by atoms with Crippen molar-refractivity contribution >= 4 is 23.9 Å². The number of hydrogen-bond donors (Lipinski definition) is 0. The van der Waals surface area contributed by atoms with Gasteiger partial charge in [0.25, 0.3) is 0 Å². The molecule has 0 unspecified atom stereocenters. The molecular weight excluding hydrogens is 324 g/mol. The van der Waals surface area contributed by atoms with Gasteiger partial charge in [-0.2, -0.15) is 0 Å². The van der Waals surface area contributed by atoms with Crippen molar-refractivity contribution in [2.24, 2.45) is 0 Å². The van der Waals surface area contributed by atoms with Gasteiger partial charge in [0.05, 0.1) is 13.2 Å². The summed E-state index contributed by atoms with van der Waals surface area (Å²) in [6.45, 7) is 5.86. The molecule has 0 atom stereocenters. The Morgan fingerprint density at radius 1 is 0.958 bits per heavy atom. The van der Waals surface area contributed by atoms with Gasteiger partial charge in [-0.3, -0.25) is 0 Å². The predicted octanol–water partition coefficient (Wildman–Crippen LogP) is 0.487. The maximum atomic E-state index is 12.1. The molecule has 9 nitrogen and oxygen atoms in total. The molecule has 2 heterocycles. The van der Waals surface area contributed by atoms with Crippen LogP contribution in [0.1, 0.15) is 27.7 Å². The first-order valence-electron chi connectivity index (χ1n) is 7.19. The maximum absolute atomic E-state index is 12.1. The Morgan fingerprint density at radius 3 is 2.00 bits per heavy atom. The van der Waals surface area contributed by atoms with E-state index in [2.05, 4.69) is 0 Å². The normalized spacial score (nSPS) is 18.2. The van der Waals surface area contributed by atoms with Crippen molar-refractivity contribution in [2.45, 2.75) is 33.5 Å². The molecule has 130 valence electrons. The Bertz CT molecular complexity index is 661. The lowest BCUT2D eigenvalue weighted by molar-refractivity contribution is -0.205. The van der Waals surface area contributed by atoms with Crippen molar-refractivity contribution in [1.82, 2.24) is 0 Å². The monoisotopic (exact) mass is 340 g/mol. The van der Waals surface area contributed by atoms with E-state index in [4.69, 9.17) is 23.7 Å². The van der Waals surface area contributed by atoms with E-state index in [0.717, 1.165) is 0 Å². The molecule has 0 aliphatic carbocycles. The lowest BCUT2D eigenvalue weighted by Crippen LogP contribution is -2.37. The molecule has 0 radical (unpaired) electrons. The van der Waals surface area contributed by atoms with Gasteiger partial charge in [0.15, 0.2) is 22.7 Å².